The van der Waals surface area contributed by atoms with E-state index in [0.717, 1.165) is 25.7 Å². The lowest BCUT2D eigenvalue weighted by Crippen LogP contribution is -2.49. The van der Waals surface area contributed by atoms with Crippen LogP contribution >= 0.6 is 7.60 Å². The van der Waals surface area contributed by atoms with Gasteiger partial charge < -0.3 is 19.4 Å². The van der Waals surface area contributed by atoms with Gasteiger partial charge in [0.25, 0.3) is 0 Å². The van der Waals surface area contributed by atoms with Crippen molar-refractivity contribution in [2.75, 3.05) is 27.7 Å². The van der Waals surface area contributed by atoms with Crippen molar-refractivity contribution in [3.05, 3.63) is 24.3 Å². The van der Waals surface area contributed by atoms with E-state index in [4.69, 9.17) is 0 Å². The van der Waals surface area contributed by atoms with Gasteiger partial charge in [0.05, 0.1) is 21.1 Å². The Morgan fingerprint density at radius 1 is 0.629 bits per heavy atom. The van der Waals surface area contributed by atoms with E-state index in [9.17, 15) is 19.5 Å². The maximum Gasteiger partial charge on any atom is 0.362 e. The van der Waals surface area contributed by atoms with Crippen molar-refractivity contribution in [3.63, 3.8) is 0 Å². The van der Waals surface area contributed by atoms with Crippen molar-refractivity contribution in [2.45, 2.75) is 134 Å². The standard InChI is InChI=1S/C29H58NO4P/c1-5-6-7-8-9-10-11-12-13-14-15-16-17-18-19-20-21-22-23-24-25-26-27-29(31,35(32,33)34)28-30(2,3)4/h18-19,22-23,31H,5-17,20-21,24-28H2,1-4H3,(H-,32,33,34)/p+1/b19-18-,23-22-. The zero-order valence-corrected chi connectivity index (χ0v) is 24.5. The molecule has 208 valence electrons. The minimum atomic E-state index is -4.57. The van der Waals surface area contributed by atoms with Crippen LogP contribution in [0.1, 0.15) is 129 Å². The summed E-state index contributed by atoms with van der Waals surface area (Å²) >= 11 is 0. The van der Waals surface area contributed by atoms with Gasteiger partial charge in [-0.15, -0.1) is 0 Å². The van der Waals surface area contributed by atoms with Crippen LogP contribution in [0.15, 0.2) is 24.3 Å². The van der Waals surface area contributed by atoms with Crippen molar-refractivity contribution < 1.29 is 23.9 Å². The molecule has 0 aromatic carbocycles. The van der Waals surface area contributed by atoms with Crippen molar-refractivity contribution in [1.82, 2.24) is 0 Å². The predicted molar refractivity (Wildman–Crippen MR) is 152 cm³/mol. The van der Waals surface area contributed by atoms with E-state index in [-0.39, 0.29) is 13.0 Å². The van der Waals surface area contributed by atoms with Gasteiger partial charge in [-0.3, -0.25) is 4.57 Å². The van der Waals surface area contributed by atoms with Crippen LogP contribution in [0, 0.1) is 0 Å². The van der Waals surface area contributed by atoms with Crippen LogP contribution in [0.2, 0.25) is 0 Å². The highest BCUT2D eigenvalue weighted by Gasteiger charge is 2.48. The van der Waals surface area contributed by atoms with E-state index >= 15 is 0 Å². The molecule has 5 nitrogen and oxygen atoms in total. The van der Waals surface area contributed by atoms with Crippen molar-refractivity contribution >= 4 is 7.60 Å². The Bertz CT molecular complexity index is 594. The Hall–Kier alpha value is -0.450. The summed E-state index contributed by atoms with van der Waals surface area (Å²) in [4.78, 5) is 19.2. The highest BCUT2D eigenvalue weighted by molar-refractivity contribution is 7.53. The predicted octanol–water partition coefficient (Wildman–Crippen LogP) is 8.10. The molecule has 0 amide bonds. The fourth-order valence-corrected chi connectivity index (χ4v) is 5.57. The molecule has 0 saturated heterocycles. The summed E-state index contributed by atoms with van der Waals surface area (Å²) in [6, 6.07) is 0. The topological polar surface area (TPSA) is 77.8 Å². The van der Waals surface area contributed by atoms with E-state index in [1.807, 2.05) is 21.1 Å². The molecule has 0 bridgehead atoms. The third-order valence-electron chi connectivity index (χ3n) is 6.53. The first-order valence-corrected chi connectivity index (χ1v) is 16.0. The highest BCUT2D eigenvalue weighted by Crippen LogP contribution is 2.52. The number of quaternary nitrogens is 1. The van der Waals surface area contributed by atoms with E-state index in [1.165, 1.54) is 83.5 Å². The lowest BCUT2D eigenvalue weighted by molar-refractivity contribution is -0.875. The first-order valence-electron chi connectivity index (χ1n) is 14.4. The van der Waals surface area contributed by atoms with E-state index < -0.39 is 12.9 Å². The second kappa shape index (κ2) is 20.6. The molecule has 0 fully saturated rings. The summed E-state index contributed by atoms with van der Waals surface area (Å²) < 4.78 is 12.1. The number of aliphatic hydroxyl groups is 1. The Balaban J connectivity index is 3.63. The molecule has 0 saturated carbocycles. The van der Waals surface area contributed by atoms with Crippen LogP contribution in [-0.4, -0.2) is 52.4 Å². The fourth-order valence-electron chi connectivity index (χ4n) is 4.51. The molecule has 1 unspecified atom stereocenters. The summed E-state index contributed by atoms with van der Waals surface area (Å²) in [6.45, 7) is 2.32. The average Bonchev–Trinajstić information content (AvgIpc) is 2.75. The van der Waals surface area contributed by atoms with Gasteiger partial charge in [0.2, 0.25) is 5.34 Å². The van der Waals surface area contributed by atoms with Gasteiger partial charge in [0.1, 0.15) is 6.54 Å². The Kier molecular flexibility index (Phi) is 20.3. The quantitative estimate of drug-likeness (QED) is 0.0524. The molecule has 6 heteroatoms. The number of rotatable bonds is 24. The number of nitrogens with zero attached hydrogens (tertiary/aromatic N) is 1. The van der Waals surface area contributed by atoms with Crippen LogP contribution in [0.3, 0.4) is 0 Å². The number of unbranched alkanes of at least 4 members (excludes halogenated alkanes) is 15. The normalized spacial score (nSPS) is 14.8. The Morgan fingerprint density at radius 3 is 1.40 bits per heavy atom. The van der Waals surface area contributed by atoms with Gasteiger partial charge in [-0.1, -0.05) is 102 Å². The third kappa shape index (κ3) is 21.4. The van der Waals surface area contributed by atoms with Gasteiger partial charge >= 0.3 is 7.60 Å². The molecule has 0 aromatic rings. The molecule has 0 heterocycles. The zero-order valence-electron chi connectivity index (χ0n) is 23.6. The number of hydrogen-bond donors (Lipinski definition) is 3. The van der Waals surface area contributed by atoms with Crippen molar-refractivity contribution in [2.24, 2.45) is 0 Å². The number of hydrogen-bond acceptors (Lipinski definition) is 2. The van der Waals surface area contributed by atoms with Crippen LogP contribution in [0.5, 0.6) is 0 Å². The summed E-state index contributed by atoms with van der Waals surface area (Å²) in [5.74, 6) is 0. The molecule has 0 spiro atoms. The minimum Gasteiger partial charge on any atom is -0.373 e. The van der Waals surface area contributed by atoms with E-state index in [2.05, 4.69) is 31.2 Å². The molecular weight excluding hydrogens is 457 g/mol. The van der Waals surface area contributed by atoms with Gasteiger partial charge in [-0.25, -0.2) is 0 Å². The average molecular weight is 517 g/mol. The summed E-state index contributed by atoms with van der Waals surface area (Å²) in [7, 11) is 0.923. The largest absolute Gasteiger partial charge is 0.373 e. The van der Waals surface area contributed by atoms with E-state index in [1.54, 1.807) is 0 Å². The molecule has 0 rings (SSSR count). The van der Waals surface area contributed by atoms with Gasteiger partial charge in [-0.05, 0) is 51.4 Å². The monoisotopic (exact) mass is 516 g/mol. The lowest BCUT2D eigenvalue weighted by Gasteiger charge is -2.35. The van der Waals surface area contributed by atoms with Crippen LogP contribution in [-0.2, 0) is 4.57 Å². The molecule has 0 aliphatic heterocycles. The molecule has 1 atom stereocenters. The highest BCUT2D eigenvalue weighted by atomic mass is 31.2. The van der Waals surface area contributed by atoms with Gasteiger partial charge in [0.15, 0.2) is 0 Å². The SMILES string of the molecule is CCCCCCCCCCCCCC/C=C\CC/C=C\CCCCC(O)(C[N+](C)(C)C)P(=O)(O)O. The van der Waals surface area contributed by atoms with Gasteiger partial charge in [-0.2, -0.15) is 0 Å². The third-order valence-corrected chi connectivity index (χ3v) is 7.97. The molecule has 0 aliphatic carbocycles. The zero-order chi connectivity index (χ0) is 26.5. The van der Waals surface area contributed by atoms with Crippen LogP contribution in [0.4, 0.5) is 0 Å². The van der Waals surface area contributed by atoms with Gasteiger partial charge in [0, 0.05) is 0 Å². The minimum absolute atomic E-state index is 0.0404. The lowest BCUT2D eigenvalue weighted by atomic mass is 10.0. The molecular formula is C29H59NO4P+. The van der Waals surface area contributed by atoms with Crippen LogP contribution in [0.25, 0.3) is 0 Å². The Labute approximate surface area is 217 Å². The molecule has 35 heavy (non-hydrogen) atoms. The van der Waals surface area contributed by atoms with Crippen LogP contribution < -0.4 is 0 Å². The fraction of sp³-hybridized carbons (Fsp3) is 0.862. The maximum absolute atomic E-state index is 11.8. The first kappa shape index (κ1) is 34.6. The van der Waals surface area contributed by atoms with Crippen molar-refractivity contribution in [3.8, 4) is 0 Å². The maximum atomic E-state index is 11.8. The van der Waals surface area contributed by atoms with E-state index in [0.29, 0.717) is 10.9 Å². The Morgan fingerprint density at radius 2 is 1.00 bits per heavy atom. The summed E-state index contributed by atoms with van der Waals surface area (Å²) in [5, 5.41) is 8.61. The smallest absolute Gasteiger partial charge is 0.362 e. The number of allylic oxidation sites excluding steroid dienone is 4. The summed E-state index contributed by atoms with van der Waals surface area (Å²) in [5.41, 5.74) is 0. The second-order valence-corrected chi connectivity index (χ2v) is 13.3. The second-order valence-electron chi connectivity index (χ2n) is 11.4. The molecule has 0 aliphatic rings. The summed E-state index contributed by atoms with van der Waals surface area (Å²) in [6.07, 6.45) is 31.4. The van der Waals surface area contributed by atoms with Crippen molar-refractivity contribution in [1.29, 1.82) is 0 Å². The first-order chi connectivity index (χ1) is 16.5. The molecule has 3 N–H and O–H groups in total. The molecule has 0 aromatic heterocycles. The number of likely N-dealkylation sites (N-methyl/N-ethyl adjacent to an activating group) is 1. The molecule has 0 radical (unpaired) electrons.